The number of esters is 1. The number of carbonyl (C=O) groups excluding carboxylic acids is 2. The van der Waals surface area contributed by atoms with Gasteiger partial charge in [-0.15, -0.1) is 0 Å². The Hall–Kier alpha value is -2.89. The van der Waals surface area contributed by atoms with Gasteiger partial charge in [-0.2, -0.15) is 0 Å². The number of aromatic nitrogens is 1. The Morgan fingerprint density at radius 1 is 1.13 bits per heavy atom. The van der Waals surface area contributed by atoms with Crippen molar-refractivity contribution in [3.8, 4) is 5.75 Å². The molecule has 1 amide bonds. The predicted octanol–water partition coefficient (Wildman–Crippen LogP) is 4.27. The van der Waals surface area contributed by atoms with Crippen molar-refractivity contribution >= 4 is 11.9 Å². The first-order valence-corrected chi connectivity index (χ1v) is 10.6. The molecular formula is C24H30N2O4. The highest BCUT2D eigenvalue weighted by Crippen LogP contribution is 2.31. The van der Waals surface area contributed by atoms with Gasteiger partial charge in [0.25, 0.3) is 5.91 Å². The second-order valence-electron chi connectivity index (χ2n) is 7.91. The van der Waals surface area contributed by atoms with E-state index in [4.69, 9.17) is 9.47 Å². The Kier molecular flexibility index (Phi) is 7.08. The Balaban J connectivity index is 1.76. The van der Waals surface area contributed by atoms with Gasteiger partial charge in [-0.05, 0) is 62.9 Å². The summed E-state index contributed by atoms with van der Waals surface area (Å²) in [6.07, 6.45) is 7.59. The number of carbonyl (C=O) groups is 2. The van der Waals surface area contributed by atoms with Gasteiger partial charge in [0, 0.05) is 23.5 Å². The Morgan fingerprint density at radius 2 is 1.83 bits per heavy atom. The standard InChI is InChI=1S/C24H30N2O4/c1-4-29-23(28)24(10-6-5-7-11-24)26-22(27)20-13-17(2)21(18(3)14-20)30-16-19-9-8-12-25-15-19/h8-9,12-15H,4-7,10-11,16H2,1-3H3,(H,26,27). The zero-order valence-electron chi connectivity index (χ0n) is 18.0. The van der Waals surface area contributed by atoms with E-state index in [0.717, 1.165) is 41.7 Å². The van der Waals surface area contributed by atoms with Gasteiger partial charge in [-0.1, -0.05) is 25.3 Å². The van der Waals surface area contributed by atoms with Crippen LogP contribution in [0.15, 0.2) is 36.7 Å². The minimum Gasteiger partial charge on any atom is -0.488 e. The van der Waals surface area contributed by atoms with Crippen LogP contribution in [0.4, 0.5) is 0 Å². The van der Waals surface area contributed by atoms with Crippen LogP contribution >= 0.6 is 0 Å². The third kappa shape index (κ3) is 4.99. The predicted molar refractivity (Wildman–Crippen MR) is 114 cm³/mol. The molecule has 6 nitrogen and oxygen atoms in total. The van der Waals surface area contributed by atoms with Gasteiger partial charge in [0.15, 0.2) is 0 Å². The fourth-order valence-corrected chi connectivity index (χ4v) is 4.04. The third-order valence-electron chi connectivity index (χ3n) is 5.55. The third-order valence-corrected chi connectivity index (χ3v) is 5.55. The normalized spacial score (nSPS) is 15.3. The van der Waals surface area contributed by atoms with Crippen LogP contribution in [0.5, 0.6) is 5.75 Å². The molecule has 6 heteroatoms. The van der Waals surface area contributed by atoms with Crippen molar-refractivity contribution in [1.82, 2.24) is 10.3 Å². The Labute approximate surface area is 178 Å². The Bertz CT molecular complexity index is 866. The molecular weight excluding hydrogens is 380 g/mol. The van der Waals surface area contributed by atoms with Crippen LogP contribution in [0.3, 0.4) is 0 Å². The number of benzene rings is 1. The molecule has 0 saturated heterocycles. The number of ether oxygens (including phenoxy) is 2. The second-order valence-corrected chi connectivity index (χ2v) is 7.91. The van der Waals surface area contributed by atoms with Crippen LogP contribution in [0.25, 0.3) is 0 Å². The molecule has 0 spiro atoms. The van der Waals surface area contributed by atoms with Crippen LogP contribution in [0.2, 0.25) is 0 Å². The summed E-state index contributed by atoms with van der Waals surface area (Å²) in [6, 6.07) is 7.44. The highest BCUT2D eigenvalue weighted by molar-refractivity contribution is 5.98. The maximum absolute atomic E-state index is 13.1. The van der Waals surface area contributed by atoms with Crippen LogP contribution < -0.4 is 10.1 Å². The SMILES string of the molecule is CCOC(=O)C1(NC(=O)c2cc(C)c(OCc3cccnc3)c(C)c2)CCCCC1. The molecule has 1 saturated carbocycles. The second kappa shape index (κ2) is 9.74. The maximum Gasteiger partial charge on any atom is 0.331 e. The van der Waals surface area contributed by atoms with E-state index < -0.39 is 5.54 Å². The summed E-state index contributed by atoms with van der Waals surface area (Å²) in [5.41, 5.74) is 2.32. The molecule has 30 heavy (non-hydrogen) atoms. The smallest absolute Gasteiger partial charge is 0.331 e. The summed E-state index contributed by atoms with van der Waals surface area (Å²) in [5, 5.41) is 3.00. The van der Waals surface area contributed by atoms with E-state index >= 15 is 0 Å². The number of hydrogen-bond donors (Lipinski definition) is 1. The van der Waals surface area contributed by atoms with Gasteiger partial charge < -0.3 is 14.8 Å². The van der Waals surface area contributed by atoms with Crippen LogP contribution in [0, 0.1) is 13.8 Å². The van der Waals surface area contributed by atoms with E-state index in [1.54, 1.807) is 19.3 Å². The first-order chi connectivity index (χ1) is 14.4. The molecule has 1 aliphatic rings. The molecule has 1 N–H and O–H groups in total. The molecule has 0 bridgehead atoms. The molecule has 1 aromatic heterocycles. The fourth-order valence-electron chi connectivity index (χ4n) is 4.04. The summed E-state index contributed by atoms with van der Waals surface area (Å²) in [7, 11) is 0. The monoisotopic (exact) mass is 410 g/mol. The molecule has 2 aromatic rings. The lowest BCUT2D eigenvalue weighted by molar-refractivity contribution is -0.152. The van der Waals surface area contributed by atoms with E-state index in [0.29, 0.717) is 31.6 Å². The van der Waals surface area contributed by atoms with Gasteiger partial charge >= 0.3 is 5.97 Å². The van der Waals surface area contributed by atoms with Crippen LogP contribution in [-0.2, 0) is 16.1 Å². The van der Waals surface area contributed by atoms with Gasteiger partial charge in [0.1, 0.15) is 17.9 Å². The van der Waals surface area contributed by atoms with Gasteiger partial charge in [-0.3, -0.25) is 9.78 Å². The zero-order valence-corrected chi connectivity index (χ0v) is 18.0. The van der Waals surface area contributed by atoms with Crippen molar-refractivity contribution in [3.05, 3.63) is 58.9 Å². The number of aryl methyl sites for hydroxylation is 2. The number of amides is 1. The molecule has 1 fully saturated rings. The zero-order chi connectivity index (χ0) is 21.6. The van der Waals surface area contributed by atoms with E-state index in [1.807, 2.05) is 38.1 Å². The van der Waals surface area contributed by atoms with Crippen molar-refractivity contribution in [3.63, 3.8) is 0 Å². The first-order valence-electron chi connectivity index (χ1n) is 10.6. The number of nitrogens with one attached hydrogen (secondary N) is 1. The first kappa shape index (κ1) is 21.8. The molecule has 3 rings (SSSR count). The minimum absolute atomic E-state index is 0.255. The lowest BCUT2D eigenvalue weighted by Crippen LogP contribution is -2.56. The number of nitrogens with zero attached hydrogens (tertiary/aromatic N) is 1. The Morgan fingerprint density at radius 3 is 2.43 bits per heavy atom. The van der Waals surface area contributed by atoms with Crippen molar-refractivity contribution in [2.75, 3.05) is 6.61 Å². The maximum atomic E-state index is 13.1. The van der Waals surface area contributed by atoms with Crippen LogP contribution in [-0.4, -0.2) is 29.0 Å². The van der Waals surface area contributed by atoms with Crippen molar-refractivity contribution < 1.29 is 19.1 Å². The number of pyridine rings is 1. The molecule has 0 radical (unpaired) electrons. The quantitative estimate of drug-likeness (QED) is 0.690. The average molecular weight is 411 g/mol. The summed E-state index contributed by atoms with van der Waals surface area (Å²) in [5.74, 6) is 0.172. The van der Waals surface area contributed by atoms with E-state index in [1.165, 1.54) is 0 Å². The summed E-state index contributed by atoms with van der Waals surface area (Å²) >= 11 is 0. The lowest BCUT2D eigenvalue weighted by atomic mass is 9.81. The minimum atomic E-state index is -0.928. The van der Waals surface area contributed by atoms with Gasteiger partial charge in [0.05, 0.1) is 6.61 Å². The van der Waals surface area contributed by atoms with Crippen molar-refractivity contribution in [2.45, 2.75) is 65.0 Å². The molecule has 1 heterocycles. The highest BCUT2D eigenvalue weighted by atomic mass is 16.5. The van der Waals surface area contributed by atoms with Gasteiger partial charge in [-0.25, -0.2) is 4.79 Å². The molecule has 1 aliphatic carbocycles. The van der Waals surface area contributed by atoms with Crippen LogP contribution in [0.1, 0.15) is 66.1 Å². The summed E-state index contributed by atoms with van der Waals surface area (Å²) < 4.78 is 11.3. The lowest BCUT2D eigenvalue weighted by Gasteiger charge is -2.35. The average Bonchev–Trinajstić information content (AvgIpc) is 2.74. The van der Waals surface area contributed by atoms with Crippen molar-refractivity contribution in [1.29, 1.82) is 0 Å². The molecule has 0 atom stereocenters. The van der Waals surface area contributed by atoms with E-state index in [-0.39, 0.29) is 11.9 Å². The summed E-state index contributed by atoms with van der Waals surface area (Å²) in [6.45, 7) is 6.34. The topological polar surface area (TPSA) is 77.5 Å². The molecule has 1 aromatic carbocycles. The number of rotatable bonds is 7. The largest absolute Gasteiger partial charge is 0.488 e. The number of hydrogen-bond acceptors (Lipinski definition) is 5. The van der Waals surface area contributed by atoms with Crippen molar-refractivity contribution in [2.24, 2.45) is 0 Å². The summed E-state index contributed by atoms with van der Waals surface area (Å²) in [4.78, 5) is 29.8. The molecule has 0 aliphatic heterocycles. The van der Waals surface area contributed by atoms with Gasteiger partial charge in [0.2, 0.25) is 0 Å². The van der Waals surface area contributed by atoms with E-state index in [9.17, 15) is 9.59 Å². The fraction of sp³-hybridized carbons (Fsp3) is 0.458. The molecule has 160 valence electrons. The van der Waals surface area contributed by atoms with E-state index in [2.05, 4.69) is 10.3 Å². The molecule has 0 unspecified atom stereocenters. The highest BCUT2D eigenvalue weighted by Gasteiger charge is 2.42.